The van der Waals surface area contributed by atoms with Gasteiger partial charge in [0.25, 0.3) is 7.59 Å². The Morgan fingerprint density at radius 2 is 1.08 bits per heavy atom. The van der Waals surface area contributed by atoms with E-state index in [1.807, 2.05) is 0 Å². The summed E-state index contributed by atoms with van der Waals surface area (Å²) in [6.45, 7) is 5.26. The zero-order valence-corrected chi connectivity index (χ0v) is 18.1. The zero-order chi connectivity index (χ0) is 19.8. The minimum atomic E-state index is -2.14. The first-order chi connectivity index (χ1) is 11.2. The Hall–Kier alpha value is 0.600. The molecule has 148 valence electrons. The van der Waals surface area contributed by atoms with Crippen LogP contribution in [0.15, 0.2) is 0 Å². The molecule has 0 aromatic rings. The lowest BCUT2D eigenvalue weighted by Gasteiger charge is -2.20. The van der Waals surface area contributed by atoms with Crippen molar-refractivity contribution < 1.29 is 28.5 Å². The molecule has 0 radical (unpaired) electrons. The van der Waals surface area contributed by atoms with Gasteiger partial charge in [-0.3, -0.25) is 0 Å². The van der Waals surface area contributed by atoms with E-state index < -0.39 is 31.7 Å². The average Bonchev–Trinajstić information content (AvgIpc) is 2.42. The minimum Gasteiger partial charge on any atom is -0.457 e. The minimum absolute atomic E-state index is 0.0782. The highest BCUT2D eigenvalue weighted by molar-refractivity contribution is 6.76. The van der Waals surface area contributed by atoms with Crippen molar-refractivity contribution in [3.8, 4) is 0 Å². The first-order valence-electron chi connectivity index (χ1n) is 6.98. The second-order valence-corrected chi connectivity index (χ2v) is 9.67. The third kappa shape index (κ3) is 12.6. The maximum atomic E-state index is 11.4. The van der Waals surface area contributed by atoms with Crippen LogP contribution in [0.3, 0.4) is 0 Å². The van der Waals surface area contributed by atoms with Crippen LogP contribution in [-0.2, 0) is 28.5 Å². The highest BCUT2D eigenvalue weighted by Gasteiger charge is 2.34. The fourth-order valence-corrected chi connectivity index (χ4v) is 1.58. The zero-order valence-electron chi connectivity index (χ0n) is 13.6. The molecule has 0 saturated carbocycles. The second kappa shape index (κ2) is 11.4. The summed E-state index contributed by atoms with van der Waals surface area (Å²) < 4.78 is 16.3. The summed E-state index contributed by atoms with van der Waals surface area (Å²) in [5, 5.41) is 0. The van der Waals surface area contributed by atoms with Gasteiger partial charge in [-0.25, -0.2) is 9.59 Å². The van der Waals surface area contributed by atoms with Gasteiger partial charge < -0.3 is 18.9 Å². The first-order valence-corrected chi connectivity index (χ1v) is 9.25. The molecule has 12 heteroatoms. The Bertz CT molecular complexity index is 436. The van der Waals surface area contributed by atoms with E-state index in [9.17, 15) is 9.59 Å². The molecular weight excluding hydrogens is 465 g/mol. The summed E-state index contributed by atoms with van der Waals surface area (Å²) >= 11 is 32.3. The van der Waals surface area contributed by atoms with E-state index in [1.54, 1.807) is 20.8 Å². The Morgan fingerprint density at radius 3 is 1.48 bits per heavy atom. The summed E-state index contributed by atoms with van der Waals surface area (Å²) in [5.41, 5.74) is 0. The Labute approximate surface area is 176 Å². The molecule has 3 unspecified atom stereocenters. The molecule has 0 saturated heterocycles. The normalized spacial score (nSPS) is 16.0. The molecule has 0 bridgehead atoms. The third-order valence-corrected chi connectivity index (χ3v) is 3.33. The van der Waals surface area contributed by atoms with Crippen LogP contribution in [0.25, 0.3) is 0 Å². The number of esters is 2. The molecule has 0 aromatic carbocycles. The molecule has 0 aliphatic rings. The quantitative estimate of drug-likeness (QED) is 0.365. The van der Waals surface area contributed by atoms with Gasteiger partial charge in [-0.1, -0.05) is 69.6 Å². The van der Waals surface area contributed by atoms with Gasteiger partial charge in [0, 0.05) is 0 Å². The molecule has 0 spiro atoms. The fraction of sp³-hybridized carbons (Fsp3) is 0.846. The maximum Gasteiger partial charge on any atom is 0.358 e. The number of carbonyl (C=O) groups excluding carboxylic acids is 2. The molecule has 0 aliphatic heterocycles. The number of ether oxygens (including phenoxy) is 4. The maximum absolute atomic E-state index is 11.4. The number of carbonyl (C=O) groups is 2. The lowest BCUT2D eigenvalue weighted by Crippen LogP contribution is -2.31. The van der Waals surface area contributed by atoms with Gasteiger partial charge >= 0.3 is 11.9 Å². The Morgan fingerprint density at radius 1 is 0.720 bits per heavy atom. The number of hydrogen-bond acceptors (Lipinski definition) is 6. The van der Waals surface area contributed by atoms with Crippen LogP contribution in [0.1, 0.15) is 20.8 Å². The SMILES string of the molecule is CC(COCC(C)OC(=O)C(Cl)(Cl)Cl)OCC(C)OC(=O)C(Cl)(Cl)Cl. The molecule has 0 heterocycles. The number of alkyl halides is 6. The summed E-state index contributed by atoms with van der Waals surface area (Å²) in [6.07, 6.45) is -1.56. The Balaban J connectivity index is 3.96. The molecule has 0 rings (SSSR count). The van der Waals surface area contributed by atoms with Crippen molar-refractivity contribution in [1.82, 2.24) is 0 Å². The van der Waals surface area contributed by atoms with Crippen LogP contribution in [0.2, 0.25) is 0 Å². The predicted octanol–water partition coefficient (Wildman–Crippen LogP) is 4.01. The van der Waals surface area contributed by atoms with Crippen molar-refractivity contribution in [2.24, 2.45) is 0 Å². The summed E-state index contributed by atoms with van der Waals surface area (Å²) in [4.78, 5) is 22.7. The topological polar surface area (TPSA) is 71.1 Å². The van der Waals surface area contributed by atoms with Crippen LogP contribution < -0.4 is 0 Å². The van der Waals surface area contributed by atoms with Gasteiger partial charge in [0.05, 0.1) is 25.9 Å². The van der Waals surface area contributed by atoms with Crippen molar-refractivity contribution >= 4 is 81.5 Å². The van der Waals surface area contributed by atoms with E-state index in [-0.39, 0.29) is 25.9 Å². The van der Waals surface area contributed by atoms with Gasteiger partial charge in [0.1, 0.15) is 12.2 Å². The van der Waals surface area contributed by atoms with E-state index in [4.69, 9.17) is 88.6 Å². The van der Waals surface area contributed by atoms with E-state index in [1.165, 1.54) is 0 Å². The smallest absolute Gasteiger partial charge is 0.358 e. The number of hydrogen-bond donors (Lipinski definition) is 0. The lowest BCUT2D eigenvalue weighted by atomic mass is 10.4. The second-order valence-electron chi connectivity index (χ2n) is 5.11. The standard InChI is InChI=1S/C13H18Cl6O6/c1-7(23-6-9(3)25-11(21)13(17,18)19)4-22-5-8(2)24-10(20)12(14,15)16/h7-9H,4-6H2,1-3H3. The van der Waals surface area contributed by atoms with E-state index in [0.29, 0.717) is 0 Å². The van der Waals surface area contributed by atoms with Crippen molar-refractivity contribution in [2.45, 2.75) is 46.7 Å². The molecule has 6 nitrogen and oxygen atoms in total. The third-order valence-electron chi connectivity index (χ3n) is 2.40. The molecule has 0 aliphatic carbocycles. The van der Waals surface area contributed by atoms with Crippen molar-refractivity contribution in [2.75, 3.05) is 19.8 Å². The van der Waals surface area contributed by atoms with Crippen LogP contribution in [0, 0.1) is 0 Å². The monoisotopic (exact) mass is 480 g/mol. The van der Waals surface area contributed by atoms with E-state index >= 15 is 0 Å². The van der Waals surface area contributed by atoms with E-state index in [0.717, 1.165) is 0 Å². The van der Waals surface area contributed by atoms with Gasteiger partial charge in [0.2, 0.25) is 0 Å². The summed E-state index contributed by atoms with van der Waals surface area (Å²) in [5.74, 6) is -1.97. The van der Waals surface area contributed by atoms with Gasteiger partial charge in [-0.15, -0.1) is 0 Å². The largest absolute Gasteiger partial charge is 0.457 e. The molecule has 0 N–H and O–H groups in total. The van der Waals surface area contributed by atoms with E-state index in [2.05, 4.69) is 0 Å². The average molecular weight is 483 g/mol. The number of rotatable bonds is 9. The predicted molar refractivity (Wildman–Crippen MR) is 97.9 cm³/mol. The molecule has 25 heavy (non-hydrogen) atoms. The summed E-state index contributed by atoms with van der Waals surface area (Å²) in [6, 6.07) is 0. The van der Waals surface area contributed by atoms with Gasteiger partial charge in [-0.2, -0.15) is 0 Å². The Kier molecular flexibility index (Phi) is 11.7. The van der Waals surface area contributed by atoms with Gasteiger partial charge in [-0.05, 0) is 20.8 Å². The molecular formula is C13H18Cl6O6. The molecule has 3 atom stereocenters. The van der Waals surface area contributed by atoms with Crippen LogP contribution in [0.5, 0.6) is 0 Å². The lowest BCUT2D eigenvalue weighted by molar-refractivity contribution is -0.154. The summed E-state index contributed by atoms with van der Waals surface area (Å²) in [7, 11) is 0. The van der Waals surface area contributed by atoms with Crippen LogP contribution in [0.4, 0.5) is 0 Å². The fourth-order valence-electron chi connectivity index (χ4n) is 1.31. The molecule has 0 aromatic heterocycles. The van der Waals surface area contributed by atoms with Crippen LogP contribution in [-0.4, -0.2) is 57.7 Å². The van der Waals surface area contributed by atoms with Crippen molar-refractivity contribution in [1.29, 1.82) is 0 Å². The molecule has 0 fully saturated rings. The van der Waals surface area contributed by atoms with Gasteiger partial charge in [0.15, 0.2) is 0 Å². The highest BCUT2D eigenvalue weighted by Crippen LogP contribution is 2.28. The highest BCUT2D eigenvalue weighted by atomic mass is 35.6. The van der Waals surface area contributed by atoms with Crippen molar-refractivity contribution in [3.63, 3.8) is 0 Å². The van der Waals surface area contributed by atoms with Crippen molar-refractivity contribution in [3.05, 3.63) is 0 Å². The van der Waals surface area contributed by atoms with Crippen LogP contribution >= 0.6 is 69.6 Å². The first kappa shape index (κ1) is 25.6. The molecule has 0 amide bonds. The number of halogens is 6.